The monoisotopic (exact) mass is 175 g/mol. The number of hydrogen-bond acceptors (Lipinski definition) is 2. The van der Waals surface area contributed by atoms with Crippen molar-refractivity contribution in [2.45, 2.75) is 25.0 Å². The van der Waals surface area contributed by atoms with Crippen molar-refractivity contribution >= 4 is 11.6 Å². The minimum Gasteiger partial charge on any atom is -0.374 e. The average molecular weight is 176 g/mol. The molecule has 64 valence electrons. The van der Waals surface area contributed by atoms with Crippen molar-refractivity contribution in [3.05, 3.63) is 0 Å². The van der Waals surface area contributed by atoms with Crippen LogP contribution in [0.3, 0.4) is 0 Å². The van der Waals surface area contributed by atoms with E-state index in [9.17, 15) is 0 Å². The Morgan fingerprint density at radius 3 is 3.27 bits per heavy atom. The summed E-state index contributed by atoms with van der Waals surface area (Å²) in [7, 11) is 0. The Morgan fingerprint density at radius 2 is 2.45 bits per heavy atom. The van der Waals surface area contributed by atoms with Gasteiger partial charge in [0.25, 0.3) is 0 Å². The van der Waals surface area contributed by atoms with Crippen molar-refractivity contribution in [2.24, 2.45) is 0 Å². The third kappa shape index (κ3) is 1.53. The van der Waals surface area contributed by atoms with Crippen LogP contribution in [0.4, 0.5) is 0 Å². The second kappa shape index (κ2) is 3.30. The maximum Gasteiger partial charge on any atom is 0.0837 e. The molecule has 11 heavy (non-hydrogen) atoms. The Hall–Kier alpha value is 0.210. The summed E-state index contributed by atoms with van der Waals surface area (Å²) in [5, 5.41) is 0. The Labute approximate surface area is 72.5 Å². The number of morpholine rings is 1. The van der Waals surface area contributed by atoms with Gasteiger partial charge in [-0.3, -0.25) is 4.90 Å². The van der Waals surface area contributed by atoms with Crippen LogP contribution in [0.2, 0.25) is 0 Å². The Balaban J connectivity index is 1.91. The van der Waals surface area contributed by atoms with Crippen LogP contribution in [0.15, 0.2) is 0 Å². The van der Waals surface area contributed by atoms with Gasteiger partial charge < -0.3 is 4.74 Å². The summed E-state index contributed by atoms with van der Waals surface area (Å²) >= 11 is 5.72. The Kier molecular flexibility index (Phi) is 2.35. The van der Waals surface area contributed by atoms with Gasteiger partial charge in [-0.25, -0.2) is 0 Å². The lowest BCUT2D eigenvalue weighted by atomic mass is 10.2. The number of rotatable bonds is 1. The van der Waals surface area contributed by atoms with Gasteiger partial charge in [0.05, 0.1) is 12.7 Å². The molecule has 0 N–H and O–H groups in total. The van der Waals surface area contributed by atoms with Crippen LogP contribution in [0.1, 0.15) is 12.8 Å². The van der Waals surface area contributed by atoms with Crippen LogP contribution in [-0.4, -0.2) is 42.6 Å². The molecule has 2 rings (SSSR count). The lowest BCUT2D eigenvalue weighted by molar-refractivity contribution is -0.0372. The summed E-state index contributed by atoms with van der Waals surface area (Å²) in [5.41, 5.74) is 0. The fourth-order valence-electron chi connectivity index (χ4n) is 1.98. The SMILES string of the molecule is ClC[C@@H]1CN2CCC[C@@H]2CO1. The van der Waals surface area contributed by atoms with Gasteiger partial charge in [-0.1, -0.05) is 0 Å². The predicted molar refractivity (Wildman–Crippen MR) is 45.1 cm³/mol. The standard InChI is InChI=1S/C8H14ClNO/c9-4-8-5-10-3-1-2-7(10)6-11-8/h7-8H,1-6H2/t7-,8-/m1/s1. The van der Waals surface area contributed by atoms with Gasteiger partial charge in [-0.2, -0.15) is 0 Å². The van der Waals surface area contributed by atoms with Gasteiger partial charge in [0, 0.05) is 18.5 Å². The number of hydrogen-bond donors (Lipinski definition) is 0. The first kappa shape index (κ1) is 7.84. The zero-order valence-electron chi connectivity index (χ0n) is 6.63. The summed E-state index contributed by atoms with van der Waals surface area (Å²) < 4.78 is 5.57. The number of halogens is 1. The highest BCUT2D eigenvalue weighted by Gasteiger charge is 2.31. The molecule has 0 aliphatic carbocycles. The van der Waals surface area contributed by atoms with E-state index < -0.39 is 0 Å². The highest BCUT2D eigenvalue weighted by atomic mass is 35.5. The Bertz CT molecular complexity index is 142. The highest BCUT2D eigenvalue weighted by molar-refractivity contribution is 6.18. The minimum absolute atomic E-state index is 0.283. The molecule has 0 aromatic rings. The van der Waals surface area contributed by atoms with Gasteiger partial charge in [0.15, 0.2) is 0 Å². The van der Waals surface area contributed by atoms with Crippen LogP contribution < -0.4 is 0 Å². The van der Waals surface area contributed by atoms with Crippen LogP contribution in [-0.2, 0) is 4.74 Å². The zero-order chi connectivity index (χ0) is 7.68. The quantitative estimate of drug-likeness (QED) is 0.554. The number of alkyl halides is 1. The third-order valence-electron chi connectivity index (χ3n) is 2.63. The van der Waals surface area contributed by atoms with Crippen LogP contribution >= 0.6 is 11.6 Å². The smallest absolute Gasteiger partial charge is 0.0837 e. The lowest BCUT2D eigenvalue weighted by Gasteiger charge is -2.34. The van der Waals surface area contributed by atoms with Crippen molar-refractivity contribution in [3.63, 3.8) is 0 Å². The molecule has 2 aliphatic rings. The molecule has 3 heteroatoms. The van der Waals surface area contributed by atoms with Crippen LogP contribution in [0, 0.1) is 0 Å². The molecule has 0 aromatic carbocycles. The molecule has 0 bridgehead atoms. The lowest BCUT2D eigenvalue weighted by Crippen LogP contribution is -2.46. The maximum absolute atomic E-state index is 5.72. The molecule has 0 aromatic heterocycles. The van der Waals surface area contributed by atoms with Crippen molar-refractivity contribution in [1.29, 1.82) is 0 Å². The van der Waals surface area contributed by atoms with Gasteiger partial charge in [-0.15, -0.1) is 11.6 Å². The van der Waals surface area contributed by atoms with Gasteiger partial charge in [0.2, 0.25) is 0 Å². The molecule has 2 aliphatic heterocycles. The fraction of sp³-hybridized carbons (Fsp3) is 1.00. The van der Waals surface area contributed by atoms with E-state index in [1.807, 2.05) is 0 Å². The minimum atomic E-state index is 0.283. The molecule has 2 nitrogen and oxygen atoms in total. The first-order valence-corrected chi connectivity index (χ1v) is 4.85. The van der Waals surface area contributed by atoms with E-state index in [2.05, 4.69) is 4.90 Å². The topological polar surface area (TPSA) is 12.5 Å². The molecule has 0 amide bonds. The van der Waals surface area contributed by atoms with E-state index in [1.54, 1.807) is 0 Å². The molecule has 2 atom stereocenters. The van der Waals surface area contributed by atoms with Crippen molar-refractivity contribution in [1.82, 2.24) is 4.90 Å². The summed E-state index contributed by atoms with van der Waals surface area (Å²) in [6.45, 7) is 3.20. The number of ether oxygens (including phenoxy) is 1. The van der Waals surface area contributed by atoms with Crippen molar-refractivity contribution in [2.75, 3.05) is 25.6 Å². The Morgan fingerprint density at radius 1 is 1.55 bits per heavy atom. The van der Waals surface area contributed by atoms with E-state index >= 15 is 0 Å². The summed E-state index contributed by atoms with van der Waals surface area (Å²) in [6.07, 6.45) is 2.93. The van der Waals surface area contributed by atoms with E-state index in [4.69, 9.17) is 16.3 Å². The molecule has 2 fully saturated rings. The molecule has 2 saturated heterocycles. The molecule has 0 spiro atoms. The predicted octanol–water partition coefficient (Wildman–Crippen LogP) is 1.09. The molecular formula is C8H14ClNO. The maximum atomic E-state index is 5.72. The van der Waals surface area contributed by atoms with Gasteiger partial charge in [-0.05, 0) is 19.4 Å². The molecule has 0 radical (unpaired) electrons. The highest BCUT2D eigenvalue weighted by Crippen LogP contribution is 2.22. The number of nitrogens with zero attached hydrogens (tertiary/aromatic N) is 1. The van der Waals surface area contributed by atoms with E-state index in [0.717, 1.165) is 13.2 Å². The average Bonchev–Trinajstić information content (AvgIpc) is 2.50. The normalized spacial score (nSPS) is 39.0. The van der Waals surface area contributed by atoms with Crippen molar-refractivity contribution in [3.8, 4) is 0 Å². The van der Waals surface area contributed by atoms with E-state index in [1.165, 1.54) is 19.4 Å². The first-order chi connectivity index (χ1) is 5.40. The van der Waals surface area contributed by atoms with Gasteiger partial charge in [0.1, 0.15) is 0 Å². The van der Waals surface area contributed by atoms with E-state index in [-0.39, 0.29) is 6.10 Å². The largest absolute Gasteiger partial charge is 0.374 e. The second-order valence-electron chi connectivity index (χ2n) is 3.40. The van der Waals surface area contributed by atoms with Crippen LogP contribution in [0.25, 0.3) is 0 Å². The molecule has 0 saturated carbocycles. The van der Waals surface area contributed by atoms with E-state index in [0.29, 0.717) is 11.9 Å². The first-order valence-electron chi connectivity index (χ1n) is 4.32. The second-order valence-corrected chi connectivity index (χ2v) is 3.71. The third-order valence-corrected chi connectivity index (χ3v) is 2.98. The molecular weight excluding hydrogens is 162 g/mol. The van der Waals surface area contributed by atoms with Crippen LogP contribution in [0.5, 0.6) is 0 Å². The fourth-order valence-corrected chi connectivity index (χ4v) is 2.17. The summed E-state index contributed by atoms with van der Waals surface area (Å²) in [4.78, 5) is 2.51. The molecule has 0 unspecified atom stereocenters. The zero-order valence-corrected chi connectivity index (χ0v) is 7.39. The van der Waals surface area contributed by atoms with Gasteiger partial charge >= 0.3 is 0 Å². The molecule has 2 heterocycles. The summed E-state index contributed by atoms with van der Waals surface area (Å²) in [5.74, 6) is 0.642. The summed E-state index contributed by atoms with van der Waals surface area (Å²) in [6, 6.07) is 0.703. The number of fused-ring (bicyclic) bond motifs is 1. The van der Waals surface area contributed by atoms with Crippen molar-refractivity contribution < 1.29 is 4.74 Å².